The van der Waals surface area contributed by atoms with E-state index in [1.54, 1.807) is 18.2 Å². The molecule has 1 amide bonds. The number of carbonyl (C=O) groups is 1. The molecule has 1 saturated heterocycles. The Balaban J connectivity index is 2.27. The van der Waals surface area contributed by atoms with E-state index >= 15 is 0 Å². The molecule has 1 aliphatic heterocycles. The minimum atomic E-state index is -0.174. The fourth-order valence-electron chi connectivity index (χ4n) is 0.956. The lowest BCUT2D eigenvalue weighted by atomic mass is 10.4. The van der Waals surface area contributed by atoms with Crippen LogP contribution in [0, 0.1) is 0 Å². The molecule has 0 aromatic carbocycles. The standard InChI is InChI=1S/C8H4BrNO2S2/c9-6-2-1-4(12-6)3-5-7(11)10-8(13)14-5/h1-3H,(H,10,11,13)/b5-3-. The molecule has 0 unspecified atom stereocenters. The van der Waals surface area contributed by atoms with Crippen LogP contribution in [0.2, 0.25) is 0 Å². The van der Waals surface area contributed by atoms with Crippen molar-refractivity contribution in [3.8, 4) is 0 Å². The summed E-state index contributed by atoms with van der Waals surface area (Å²) >= 11 is 9.26. The minimum absolute atomic E-state index is 0.174. The molecule has 0 aliphatic carbocycles. The third-order valence-corrected chi connectivity index (χ3v) is 3.10. The Hall–Kier alpha value is -0.590. The number of halogens is 1. The molecular formula is C8H4BrNO2S2. The lowest BCUT2D eigenvalue weighted by Crippen LogP contribution is -2.17. The van der Waals surface area contributed by atoms with Crippen molar-refractivity contribution in [2.24, 2.45) is 0 Å². The molecule has 0 saturated carbocycles. The number of hydrogen-bond donors (Lipinski definition) is 1. The van der Waals surface area contributed by atoms with Gasteiger partial charge in [-0.3, -0.25) is 4.79 Å². The number of furan rings is 1. The summed E-state index contributed by atoms with van der Waals surface area (Å²) < 4.78 is 6.35. The minimum Gasteiger partial charge on any atom is -0.450 e. The molecule has 72 valence electrons. The largest absolute Gasteiger partial charge is 0.450 e. The molecule has 1 N–H and O–H groups in total. The van der Waals surface area contributed by atoms with Crippen molar-refractivity contribution in [1.29, 1.82) is 0 Å². The summed E-state index contributed by atoms with van der Waals surface area (Å²) in [6.45, 7) is 0. The average Bonchev–Trinajstić information content (AvgIpc) is 2.61. The van der Waals surface area contributed by atoms with Crippen LogP contribution in [0.15, 0.2) is 26.1 Å². The highest BCUT2D eigenvalue weighted by atomic mass is 79.9. The Bertz CT molecular complexity index is 438. The van der Waals surface area contributed by atoms with E-state index in [2.05, 4.69) is 21.2 Å². The van der Waals surface area contributed by atoms with Gasteiger partial charge >= 0.3 is 0 Å². The predicted octanol–water partition coefficient (Wildman–Crippen LogP) is 2.53. The fourth-order valence-corrected chi connectivity index (χ4v) is 2.30. The van der Waals surface area contributed by atoms with Crippen molar-refractivity contribution < 1.29 is 9.21 Å². The quantitative estimate of drug-likeness (QED) is 0.637. The Labute approximate surface area is 98.1 Å². The fraction of sp³-hybridized carbons (Fsp3) is 0. The maximum atomic E-state index is 11.3. The van der Waals surface area contributed by atoms with Crippen LogP contribution in [0.5, 0.6) is 0 Å². The summed E-state index contributed by atoms with van der Waals surface area (Å²) in [6.07, 6.45) is 1.66. The van der Waals surface area contributed by atoms with E-state index < -0.39 is 0 Å². The van der Waals surface area contributed by atoms with Crippen molar-refractivity contribution in [2.75, 3.05) is 0 Å². The van der Waals surface area contributed by atoms with Gasteiger partial charge in [0.15, 0.2) is 4.67 Å². The highest BCUT2D eigenvalue weighted by molar-refractivity contribution is 9.10. The van der Waals surface area contributed by atoms with Gasteiger partial charge in [-0.2, -0.15) is 0 Å². The van der Waals surface area contributed by atoms with Gasteiger partial charge in [0.2, 0.25) is 0 Å². The Morgan fingerprint density at radius 2 is 2.36 bits per heavy atom. The van der Waals surface area contributed by atoms with Crippen LogP contribution in [-0.4, -0.2) is 10.2 Å². The van der Waals surface area contributed by atoms with Crippen LogP contribution in [0.25, 0.3) is 6.08 Å². The van der Waals surface area contributed by atoms with Crippen LogP contribution in [0.4, 0.5) is 0 Å². The molecule has 6 heteroatoms. The van der Waals surface area contributed by atoms with E-state index in [-0.39, 0.29) is 5.91 Å². The number of nitrogens with one attached hydrogen (secondary N) is 1. The molecular weight excluding hydrogens is 286 g/mol. The van der Waals surface area contributed by atoms with Crippen molar-refractivity contribution >= 4 is 56.2 Å². The molecule has 14 heavy (non-hydrogen) atoms. The average molecular weight is 290 g/mol. The molecule has 1 fully saturated rings. The number of thiocarbonyl (C=S) groups is 1. The first-order chi connectivity index (χ1) is 6.65. The number of hydrogen-bond acceptors (Lipinski definition) is 4. The molecule has 1 aromatic rings. The van der Waals surface area contributed by atoms with Gasteiger partial charge in [-0.25, -0.2) is 0 Å². The van der Waals surface area contributed by atoms with E-state index in [0.29, 0.717) is 19.7 Å². The van der Waals surface area contributed by atoms with Crippen LogP contribution in [0.1, 0.15) is 5.76 Å². The summed E-state index contributed by atoms with van der Waals surface area (Å²) in [5.41, 5.74) is 0. The second-order valence-electron chi connectivity index (χ2n) is 2.49. The number of carbonyl (C=O) groups excluding carboxylic acids is 1. The third-order valence-electron chi connectivity index (χ3n) is 1.51. The normalized spacial score (nSPS) is 19.1. The van der Waals surface area contributed by atoms with Gasteiger partial charge in [-0.1, -0.05) is 24.0 Å². The van der Waals surface area contributed by atoms with Crippen LogP contribution in [0.3, 0.4) is 0 Å². The van der Waals surface area contributed by atoms with Gasteiger partial charge in [-0.15, -0.1) is 0 Å². The lowest BCUT2D eigenvalue weighted by Gasteiger charge is -1.88. The van der Waals surface area contributed by atoms with Gasteiger partial charge in [0.25, 0.3) is 5.91 Å². The van der Waals surface area contributed by atoms with Gasteiger partial charge < -0.3 is 9.73 Å². The number of thioether (sulfide) groups is 1. The first-order valence-electron chi connectivity index (χ1n) is 3.65. The van der Waals surface area contributed by atoms with Crippen molar-refractivity contribution in [3.63, 3.8) is 0 Å². The van der Waals surface area contributed by atoms with Crippen molar-refractivity contribution in [3.05, 3.63) is 27.5 Å². The van der Waals surface area contributed by atoms with Crippen molar-refractivity contribution in [2.45, 2.75) is 0 Å². The predicted molar refractivity (Wildman–Crippen MR) is 62.7 cm³/mol. The summed E-state index contributed by atoms with van der Waals surface area (Å²) in [5.74, 6) is 0.451. The second kappa shape index (κ2) is 3.88. The maximum Gasteiger partial charge on any atom is 0.263 e. The smallest absolute Gasteiger partial charge is 0.263 e. The molecule has 1 aromatic heterocycles. The zero-order valence-corrected chi connectivity index (χ0v) is 9.96. The highest BCUT2D eigenvalue weighted by Crippen LogP contribution is 2.26. The molecule has 3 nitrogen and oxygen atoms in total. The van der Waals surface area contributed by atoms with Gasteiger partial charge in [0.1, 0.15) is 10.1 Å². The Morgan fingerprint density at radius 3 is 2.86 bits per heavy atom. The summed E-state index contributed by atoms with van der Waals surface area (Å²) in [7, 11) is 0. The summed E-state index contributed by atoms with van der Waals surface area (Å²) in [4.78, 5) is 11.8. The lowest BCUT2D eigenvalue weighted by molar-refractivity contribution is -0.115. The molecule has 1 aliphatic rings. The first-order valence-corrected chi connectivity index (χ1v) is 5.67. The molecule has 0 atom stereocenters. The molecule has 0 radical (unpaired) electrons. The number of amides is 1. The van der Waals surface area contributed by atoms with Gasteiger partial charge in [0.05, 0.1) is 4.91 Å². The third kappa shape index (κ3) is 2.08. The summed E-state index contributed by atoms with van der Waals surface area (Å²) in [5, 5.41) is 2.53. The van der Waals surface area contributed by atoms with Crippen LogP contribution in [-0.2, 0) is 4.79 Å². The van der Waals surface area contributed by atoms with E-state index in [1.807, 2.05) is 0 Å². The highest BCUT2D eigenvalue weighted by Gasteiger charge is 2.22. The Morgan fingerprint density at radius 1 is 1.57 bits per heavy atom. The van der Waals surface area contributed by atoms with Gasteiger partial charge in [0, 0.05) is 6.08 Å². The molecule has 2 heterocycles. The van der Waals surface area contributed by atoms with Gasteiger partial charge in [-0.05, 0) is 28.1 Å². The van der Waals surface area contributed by atoms with Crippen molar-refractivity contribution in [1.82, 2.24) is 5.32 Å². The molecule has 0 bridgehead atoms. The summed E-state index contributed by atoms with van der Waals surface area (Å²) in [6, 6.07) is 3.54. The Kier molecular flexibility index (Phi) is 2.76. The van der Waals surface area contributed by atoms with Crippen LogP contribution < -0.4 is 5.32 Å². The molecule has 2 rings (SSSR count). The van der Waals surface area contributed by atoms with E-state index in [0.717, 1.165) is 0 Å². The SMILES string of the molecule is O=C1NC(=S)S/C1=C\c1ccc(Br)o1. The number of rotatable bonds is 1. The first kappa shape index (κ1) is 9.95. The zero-order chi connectivity index (χ0) is 10.1. The monoisotopic (exact) mass is 289 g/mol. The maximum absolute atomic E-state index is 11.3. The van der Waals surface area contributed by atoms with Crippen LogP contribution >= 0.6 is 39.9 Å². The van der Waals surface area contributed by atoms with E-state index in [4.69, 9.17) is 16.6 Å². The second-order valence-corrected chi connectivity index (χ2v) is 4.99. The molecule has 0 spiro atoms. The van der Waals surface area contributed by atoms with E-state index in [9.17, 15) is 4.79 Å². The van der Waals surface area contributed by atoms with E-state index in [1.165, 1.54) is 11.8 Å². The zero-order valence-electron chi connectivity index (χ0n) is 6.74. The topological polar surface area (TPSA) is 42.2 Å².